The van der Waals surface area contributed by atoms with Crippen molar-refractivity contribution < 1.29 is 14.7 Å². The molecular formula is C20H22N4O3. The molecule has 0 aliphatic rings. The van der Waals surface area contributed by atoms with Crippen LogP contribution in [0.4, 0.5) is 0 Å². The van der Waals surface area contributed by atoms with E-state index in [0.717, 1.165) is 5.56 Å². The van der Waals surface area contributed by atoms with Gasteiger partial charge >= 0.3 is 5.97 Å². The Kier molecular flexibility index (Phi) is 5.21. The van der Waals surface area contributed by atoms with Crippen LogP contribution in [0, 0.1) is 6.92 Å². The number of pyridine rings is 1. The van der Waals surface area contributed by atoms with Gasteiger partial charge in [-0.2, -0.15) is 5.10 Å². The number of carbonyl (C=O) groups excluding carboxylic acids is 1. The maximum atomic E-state index is 12.9. The van der Waals surface area contributed by atoms with Gasteiger partial charge in [-0.1, -0.05) is 30.3 Å². The van der Waals surface area contributed by atoms with Gasteiger partial charge in [-0.15, -0.1) is 0 Å². The maximum absolute atomic E-state index is 12.9. The van der Waals surface area contributed by atoms with Crippen molar-refractivity contribution in [1.29, 1.82) is 0 Å². The number of carboxylic acid groups (broad SMARTS) is 1. The third kappa shape index (κ3) is 3.97. The van der Waals surface area contributed by atoms with Crippen LogP contribution >= 0.6 is 0 Å². The minimum Gasteiger partial charge on any atom is -0.480 e. The highest BCUT2D eigenvalue weighted by Gasteiger charge is 2.23. The lowest BCUT2D eigenvalue weighted by Crippen LogP contribution is -2.42. The summed E-state index contributed by atoms with van der Waals surface area (Å²) < 4.78 is 1.75. The molecule has 1 aromatic carbocycles. The van der Waals surface area contributed by atoms with Crippen LogP contribution in [0.15, 0.2) is 42.6 Å². The van der Waals surface area contributed by atoms with Crippen LogP contribution in [0.25, 0.3) is 11.0 Å². The molecule has 0 aliphatic heterocycles. The van der Waals surface area contributed by atoms with Gasteiger partial charge in [-0.3, -0.25) is 4.79 Å². The van der Waals surface area contributed by atoms with Gasteiger partial charge in [0.25, 0.3) is 5.91 Å². The summed E-state index contributed by atoms with van der Waals surface area (Å²) in [6.07, 6.45) is 1.81. The molecule has 2 aromatic heterocycles. The zero-order chi connectivity index (χ0) is 19.6. The molecular weight excluding hydrogens is 344 g/mol. The first-order valence-corrected chi connectivity index (χ1v) is 8.79. The number of fused-ring (bicyclic) bond motifs is 1. The first-order valence-electron chi connectivity index (χ1n) is 8.79. The molecule has 0 fully saturated rings. The number of hydrogen-bond acceptors (Lipinski definition) is 4. The van der Waals surface area contributed by atoms with Gasteiger partial charge in [0.2, 0.25) is 0 Å². The van der Waals surface area contributed by atoms with Gasteiger partial charge < -0.3 is 10.4 Å². The largest absolute Gasteiger partial charge is 0.480 e. The predicted molar refractivity (Wildman–Crippen MR) is 102 cm³/mol. The molecule has 2 N–H and O–H groups in total. The standard InChI is InChI=1S/C20H22N4O3/c1-12(2)24-18-16(11-21-24)15(9-13(3)22-18)19(25)23-17(20(26)27)10-14-7-5-4-6-8-14/h4-9,11-12,17H,10H2,1-3H3,(H,23,25)(H,26,27)/t17-/m1/s1. The number of carbonyl (C=O) groups is 2. The summed E-state index contributed by atoms with van der Waals surface area (Å²) in [7, 11) is 0. The van der Waals surface area contributed by atoms with E-state index in [4.69, 9.17) is 0 Å². The molecule has 0 spiro atoms. The average molecular weight is 366 g/mol. The molecule has 0 unspecified atom stereocenters. The van der Waals surface area contributed by atoms with E-state index in [-0.39, 0.29) is 12.5 Å². The van der Waals surface area contributed by atoms with E-state index < -0.39 is 17.9 Å². The molecule has 0 radical (unpaired) electrons. The first kappa shape index (κ1) is 18.6. The summed E-state index contributed by atoms with van der Waals surface area (Å²) in [5.41, 5.74) is 2.51. The monoisotopic (exact) mass is 366 g/mol. The number of rotatable bonds is 6. The zero-order valence-corrected chi connectivity index (χ0v) is 15.5. The van der Waals surface area contributed by atoms with E-state index in [1.54, 1.807) is 23.9 Å². The summed E-state index contributed by atoms with van der Waals surface area (Å²) in [4.78, 5) is 29.0. The van der Waals surface area contributed by atoms with Crippen molar-refractivity contribution in [2.75, 3.05) is 0 Å². The number of nitrogens with one attached hydrogen (secondary N) is 1. The summed E-state index contributed by atoms with van der Waals surface area (Å²) in [5.74, 6) is -1.52. The highest BCUT2D eigenvalue weighted by molar-refractivity contribution is 6.06. The minimum absolute atomic E-state index is 0.0950. The summed E-state index contributed by atoms with van der Waals surface area (Å²) in [5, 5.41) is 17.1. The Morgan fingerprint density at radius 2 is 1.93 bits per heavy atom. The lowest BCUT2D eigenvalue weighted by atomic mass is 10.0. The van der Waals surface area contributed by atoms with E-state index in [1.807, 2.05) is 44.2 Å². The zero-order valence-electron chi connectivity index (χ0n) is 15.5. The molecule has 0 bridgehead atoms. The van der Waals surface area contributed by atoms with E-state index in [2.05, 4.69) is 15.4 Å². The van der Waals surface area contributed by atoms with Gasteiger partial charge in [-0.25, -0.2) is 14.5 Å². The number of aromatic nitrogens is 3. The smallest absolute Gasteiger partial charge is 0.326 e. The van der Waals surface area contributed by atoms with Crippen LogP contribution < -0.4 is 5.32 Å². The molecule has 7 heteroatoms. The Balaban J connectivity index is 1.91. The van der Waals surface area contributed by atoms with Crippen LogP contribution in [0.3, 0.4) is 0 Å². The number of aliphatic carboxylic acids is 1. The quantitative estimate of drug-likeness (QED) is 0.699. The normalized spacial score (nSPS) is 12.3. The molecule has 0 saturated carbocycles. The first-order chi connectivity index (χ1) is 12.9. The topological polar surface area (TPSA) is 97.1 Å². The molecule has 1 atom stereocenters. The number of benzene rings is 1. The number of amides is 1. The van der Waals surface area contributed by atoms with Crippen LogP contribution in [0.5, 0.6) is 0 Å². The van der Waals surface area contributed by atoms with Gasteiger partial charge in [0.1, 0.15) is 6.04 Å². The molecule has 27 heavy (non-hydrogen) atoms. The fraction of sp³-hybridized carbons (Fsp3) is 0.300. The third-order valence-corrected chi connectivity index (χ3v) is 4.31. The lowest BCUT2D eigenvalue weighted by Gasteiger charge is -2.15. The highest BCUT2D eigenvalue weighted by Crippen LogP contribution is 2.21. The number of hydrogen-bond donors (Lipinski definition) is 2. The van der Waals surface area contributed by atoms with Crippen molar-refractivity contribution in [3.8, 4) is 0 Å². The Morgan fingerprint density at radius 1 is 1.22 bits per heavy atom. The number of aryl methyl sites for hydroxylation is 1. The van der Waals surface area contributed by atoms with E-state index in [9.17, 15) is 14.7 Å². The van der Waals surface area contributed by atoms with Crippen molar-refractivity contribution in [2.45, 2.75) is 39.3 Å². The van der Waals surface area contributed by atoms with Gasteiger partial charge in [0.15, 0.2) is 5.65 Å². The average Bonchev–Trinajstić information content (AvgIpc) is 3.05. The maximum Gasteiger partial charge on any atom is 0.326 e. The van der Waals surface area contributed by atoms with Crippen LogP contribution in [0.1, 0.15) is 41.5 Å². The van der Waals surface area contributed by atoms with E-state index in [1.165, 1.54) is 0 Å². The number of carboxylic acids is 1. The lowest BCUT2D eigenvalue weighted by molar-refractivity contribution is -0.139. The second-order valence-electron chi connectivity index (χ2n) is 6.79. The van der Waals surface area contributed by atoms with Gasteiger partial charge in [0, 0.05) is 18.2 Å². The van der Waals surface area contributed by atoms with Crippen molar-refractivity contribution in [3.63, 3.8) is 0 Å². The van der Waals surface area contributed by atoms with E-state index >= 15 is 0 Å². The Morgan fingerprint density at radius 3 is 2.56 bits per heavy atom. The van der Waals surface area contributed by atoms with Crippen molar-refractivity contribution >= 4 is 22.9 Å². The summed E-state index contributed by atoms with van der Waals surface area (Å²) >= 11 is 0. The molecule has 3 rings (SSSR count). The van der Waals surface area contributed by atoms with Gasteiger partial charge in [0.05, 0.1) is 17.1 Å². The Hall–Kier alpha value is -3.22. The minimum atomic E-state index is -1.08. The SMILES string of the molecule is Cc1cc(C(=O)N[C@H](Cc2ccccc2)C(=O)O)c2cnn(C(C)C)c2n1. The fourth-order valence-electron chi connectivity index (χ4n) is 2.99. The molecule has 3 aromatic rings. The van der Waals surface area contributed by atoms with Crippen LogP contribution in [0.2, 0.25) is 0 Å². The molecule has 140 valence electrons. The van der Waals surface area contributed by atoms with Crippen molar-refractivity contribution in [1.82, 2.24) is 20.1 Å². The van der Waals surface area contributed by atoms with Crippen LogP contribution in [-0.4, -0.2) is 37.8 Å². The highest BCUT2D eigenvalue weighted by atomic mass is 16.4. The molecule has 7 nitrogen and oxygen atoms in total. The summed E-state index contributed by atoms with van der Waals surface area (Å²) in [6.45, 7) is 5.76. The molecule has 1 amide bonds. The molecule has 0 aliphatic carbocycles. The van der Waals surface area contributed by atoms with E-state index in [0.29, 0.717) is 22.3 Å². The molecule has 0 saturated heterocycles. The van der Waals surface area contributed by atoms with Crippen molar-refractivity contribution in [2.24, 2.45) is 0 Å². The van der Waals surface area contributed by atoms with Crippen LogP contribution in [-0.2, 0) is 11.2 Å². The fourth-order valence-corrected chi connectivity index (χ4v) is 2.99. The Bertz CT molecular complexity index is 980. The molecule has 2 heterocycles. The van der Waals surface area contributed by atoms with Gasteiger partial charge in [-0.05, 0) is 32.4 Å². The number of nitrogens with zero attached hydrogens (tertiary/aromatic N) is 3. The summed E-state index contributed by atoms with van der Waals surface area (Å²) in [6, 6.07) is 9.94. The predicted octanol–water partition coefficient (Wildman–Crippen LogP) is 2.75. The second-order valence-corrected chi connectivity index (χ2v) is 6.79. The Labute approximate surface area is 157 Å². The van der Waals surface area contributed by atoms with Crippen molar-refractivity contribution in [3.05, 3.63) is 59.4 Å². The second kappa shape index (κ2) is 7.57. The third-order valence-electron chi connectivity index (χ3n) is 4.31.